The molecule has 1 heteroatoms. The van der Waals surface area contributed by atoms with Gasteiger partial charge in [-0.15, -0.1) is 0 Å². The molecule has 0 aromatic carbocycles. The van der Waals surface area contributed by atoms with Gasteiger partial charge in [-0.1, -0.05) is 24.3 Å². The van der Waals surface area contributed by atoms with Crippen molar-refractivity contribution in [1.82, 2.24) is 0 Å². The predicted molar refractivity (Wildman–Crippen MR) is 47.4 cm³/mol. The summed E-state index contributed by atoms with van der Waals surface area (Å²) < 4.78 is 5.54. The van der Waals surface area contributed by atoms with Crippen molar-refractivity contribution in [2.45, 2.75) is 6.42 Å². The first-order valence-corrected chi connectivity index (χ1v) is 4.30. The van der Waals surface area contributed by atoms with Gasteiger partial charge in [0.25, 0.3) is 0 Å². The fourth-order valence-electron chi connectivity index (χ4n) is 2.04. The highest BCUT2D eigenvalue weighted by molar-refractivity contribution is 5.47. The van der Waals surface area contributed by atoms with Gasteiger partial charge in [-0.3, -0.25) is 0 Å². The molecule has 1 nitrogen and oxygen atoms in total. The summed E-state index contributed by atoms with van der Waals surface area (Å²) in [4.78, 5) is 0. The quantitative estimate of drug-likeness (QED) is 0.525. The first-order chi connectivity index (χ1) is 5.89. The summed E-state index contributed by atoms with van der Waals surface area (Å²) in [6.07, 6.45) is 14.1. The molecule has 4 aliphatic rings. The van der Waals surface area contributed by atoms with Crippen molar-refractivity contribution in [2.24, 2.45) is 5.41 Å². The third-order valence-electron chi connectivity index (χ3n) is 2.84. The summed E-state index contributed by atoms with van der Waals surface area (Å²) >= 11 is 0. The number of fused-ring (bicyclic) bond motifs is 2. The third-order valence-corrected chi connectivity index (χ3v) is 2.84. The average Bonchev–Trinajstić information content (AvgIpc) is 2.18. The van der Waals surface area contributed by atoms with E-state index in [2.05, 4.69) is 36.5 Å². The molecule has 2 heterocycles. The van der Waals surface area contributed by atoms with E-state index in [-0.39, 0.29) is 5.41 Å². The lowest BCUT2D eigenvalue weighted by atomic mass is 9.71. The molecule has 0 fully saturated rings. The largest absolute Gasteiger partial charge is 0.493 e. The molecule has 0 saturated heterocycles. The van der Waals surface area contributed by atoms with Crippen molar-refractivity contribution in [3.05, 3.63) is 47.8 Å². The molecule has 1 atom stereocenters. The maximum absolute atomic E-state index is 5.54. The summed E-state index contributed by atoms with van der Waals surface area (Å²) in [5.74, 6) is 1.05. The molecule has 2 aliphatic carbocycles. The zero-order valence-corrected chi connectivity index (χ0v) is 6.79. The zero-order valence-electron chi connectivity index (χ0n) is 6.79. The van der Waals surface area contributed by atoms with E-state index in [4.69, 9.17) is 4.74 Å². The van der Waals surface area contributed by atoms with Crippen LogP contribution in [0, 0.1) is 5.41 Å². The van der Waals surface area contributed by atoms with E-state index in [1.807, 2.05) is 0 Å². The van der Waals surface area contributed by atoms with Crippen molar-refractivity contribution < 1.29 is 4.74 Å². The minimum absolute atomic E-state index is 0.177. The second-order valence-electron chi connectivity index (χ2n) is 3.57. The summed E-state index contributed by atoms with van der Waals surface area (Å²) in [7, 11) is 0. The van der Waals surface area contributed by atoms with Crippen molar-refractivity contribution in [2.75, 3.05) is 6.61 Å². The van der Waals surface area contributed by atoms with E-state index in [1.165, 1.54) is 5.57 Å². The Balaban J connectivity index is 2.20. The maximum atomic E-state index is 5.54. The number of hydrogen-bond acceptors (Lipinski definition) is 1. The summed E-state index contributed by atoms with van der Waals surface area (Å²) in [5, 5.41) is 0. The molecule has 2 bridgehead atoms. The highest BCUT2D eigenvalue weighted by Crippen LogP contribution is 2.45. The van der Waals surface area contributed by atoms with Gasteiger partial charge in [0, 0.05) is 0 Å². The van der Waals surface area contributed by atoms with Crippen LogP contribution >= 0.6 is 0 Å². The normalized spacial score (nSPS) is 35.3. The smallest absolute Gasteiger partial charge is 0.115 e. The van der Waals surface area contributed by atoms with Crippen LogP contribution in [0.25, 0.3) is 0 Å². The van der Waals surface area contributed by atoms with Crippen molar-refractivity contribution in [3.8, 4) is 0 Å². The molecule has 0 aromatic rings. The molecule has 0 radical (unpaired) electrons. The number of ether oxygens (including phenoxy) is 1. The van der Waals surface area contributed by atoms with Gasteiger partial charge in [-0.2, -0.15) is 0 Å². The fourth-order valence-corrected chi connectivity index (χ4v) is 2.04. The minimum Gasteiger partial charge on any atom is -0.493 e. The van der Waals surface area contributed by atoms with Gasteiger partial charge in [-0.25, -0.2) is 0 Å². The molecular formula is C11H10O. The topological polar surface area (TPSA) is 9.23 Å². The molecule has 2 aliphatic heterocycles. The second kappa shape index (κ2) is 1.92. The monoisotopic (exact) mass is 158 g/mol. The molecule has 0 N–H and O–H groups in total. The lowest BCUT2D eigenvalue weighted by Gasteiger charge is -2.40. The summed E-state index contributed by atoms with van der Waals surface area (Å²) in [5.41, 5.74) is 1.59. The lowest BCUT2D eigenvalue weighted by molar-refractivity contribution is 0.121. The van der Waals surface area contributed by atoms with Crippen LogP contribution in [0.15, 0.2) is 47.8 Å². The maximum Gasteiger partial charge on any atom is 0.115 e. The van der Waals surface area contributed by atoms with E-state index in [9.17, 15) is 0 Å². The van der Waals surface area contributed by atoms with Gasteiger partial charge < -0.3 is 4.74 Å². The van der Waals surface area contributed by atoms with Crippen LogP contribution < -0.4 is 0 Å². The molecule has 12 heavy (non-hydrogen) atoms. The van der Waals surface area contributed by atoms with Gasteiger partial charge in [0.05, 0.1) is 5.41 Å². The summed E-state index contributed by atoms with van der Waals surface area (Å²) in [6.45, 7) is 0.825. The van der Waals surface area contributed by atoms with Crippen LogP contribution in [0.5, 0.6) is 0 Å². The van der Waals surface area contributed by atoms with Gasteiger partial charge in [-0.05, 0) is 24.1 Å². The molecule has 0 saturated carbocycles. The molecule has 0 amide bonds. The van der Waals surface area contributed by atoms with E-state index in [0.717, 1.165) is 18.8 Å². The second-order valence-corrected chi connectivity index (χ2v) is 3.57. The van der Waals surface area contributed by atoms with Gasteiger partial charge >= 0.3 is 0 Å². The highest BCUT2D eigenvalue weighted by atomic mass is 16.5. The SMILES string of the molecule is C1=CC2=CC3=CCC2(C=C1)CO3. The average molecular weight is 158 g/mol. The Morgan fingerprint density at radius 3 is 3.08 bits per heavy atom. The lowest BCUT2D eigenvalue weighted by Crippen LogP contribution is -2.33. The van der Waals surface area contributed by atoms with E-state index < -0.39 is 0 Å². The van der Waals surface area contributed by atoms with E-state index in [0.29, 0.717) is 0 Å². The molecule has 4 rings (SSSR count). The standard InChI is InChI=1S/C11H10O/c1-2-5-11-6-4-10(12-8-11)7-9(11)3-1/h1-5,7H,6,8H2. The molecule has 1 spiro atoms. The number of rotatable bonds is 0. The van der Waals surface area contributed by atoms with Crippen LogP contribution in [-0.4, -0.2) is 6.61 Å². The minimum atomic E-state index is 0.177. The predicted octanol–water partition coefficient (Wildman–Crippen LogP) is 2.34. The Morgan fingerprint density at radius 1 is 1.33 bits per heavy atom. The van der Waals surface area contributed by atoms with Gasteiger partial charge in [0.1, 0.15) is 12.4 Å². The van der Waals surface area contributed by atoms with Gasteiger partial charge in [0.2, 0.25) is 0 Å². The van der Waals surface area contributed by atoms with Crippen LogP contribution in [-0.2, 0) is 4.74 Å². The van der Waals surface area contributed by atoms with Crippen molar-refractivity contribution in [1.29, 1.82) is 0 Å². The highest BCUT2D eigenvalue weighted by Gasteiger charge is 2.38. The Kier molecular flexibility index (Phi) is 1.01. The Hall–Kier alpha value is -1.24. The van der Waals surface area contributed by atoms with Crippen LogP contribution in [0.4, 0.5) is 0 Å². The van der Waals surface area contributed by atoms with Crippen LogP contribution in [0.1, 0.15) is 6.42 Å². The first kappa shape index (κ1) is 6.30. The molecule has 60 valence electrons. The summed E-state index contributed by atoms with van der Waals surface area (Å²) in [6, 6.07) is 0. The Morgan fingerprint density at radius 2 is 2.33 bits per heavy atom. The molecule has 0 aromatic heterocycles. The fraction of sp³-hybridized carbons (Fsp3) is 0.273. The van der Waals surface area contributed by atoms with Crippen LogP contribution in [0.2, 0.25) is 0 Å². The van der Waals surface area contributed by atoms with Gasteiger partial charge in [0.15, 0.2) is 0 Å². The Labute approximate surface area is 71.7 Å². The Bertz CT molecular complexity index is 344. The first-order valence-electron chi connectivity index (χ1n) is 4.30. The van der Waals surface area contributed by atoms with Crippen molar-refractivity contribution in [3.63, 3.8) is 0 Å². The van der Waals surface area contributed by atoms with Crippen molar-refractivity contribution >= 4 is 0 Å². The molecule has 1 unspecified atom stereocenters. The van der Waals surface area contributed by atoms with Crippen LogP contribution in [0.3, 0.4) is 0 Å². The zero-order chi connectivity index (χ0) is 8.02. The van der Waals surface area contributed by atoms with E-state index in [1.54, 1.807) is 0 Å². The third kappa shape index (κ3) is 0.638. The number of allylic oxidation sites excluding steroid dienone is 5. The molecular weight excluding hydrogens is 148 g/mol. The van der Waals surface area contributed by atoms with E-state index >= 15 is 0 Å². The number of hydrogen-bond donors (Lipinski definition) is 0.